The van der Waals surface area contributed by atoms with Gasteiger partial charge in [0.15, 0.2) is 0 Å². The lowest BCUT2D eigenvalue weighted by atomic mass is 9.95. The molecular weight excluding hydrogens is 693 g/mol. The first-order valence-electron chi connectivity index (χ1n) is 18.1. The molecule has 3 aromatic carbocycles. The van der Waals surface area contributed by atoms with E-state index in [1.165, 1.54) is 34.8 Å². The number of hydrogen-bond donors (Lipinski definition) is 3. The molecule has 4 atom stereocenters. The lowest BCUT2D eigenvalue weighted by molar-refractivity contribution is -0.128. The number of carbonyl (C=O) groups is 2. The maximum atomic E-state index is 14.4. The van der Waals surface area contributed by atoms with Crippen molar-refractivity contribution < 1.29 is 28.3 Å². The summed E-state index contributed by atoms with van der Waals surface area (Å²) in [6.45, 7) is 8.76. The number of amides is 3. The normalized spacial score (nSPS) is 16.1. The third kappa shape index (κ3) is 9.78. The van der Waals surface area contributed by atoms with Crippen LogP contribution < -0.4 is 5.32 Å². The number of nitrogens with zero attached hydrogens (tertiary/aromatic N) is 5. The number of hydrogen-bond acceptors (Lipinski definition) is 8. The van der Waals surface area contributed by atoms with Crippen LogP contribution in [0.5, 0.6) is 0 Å². The van der Waals surface area contributed by atoms with E-state index in [4.69, 9.17) is 5.21 Å². The van der Waals surface area contributed by atoms with Crippen molar-refractivity contribution in [2.45, 2.75) is 70.2 Å². The van der Waals surface area contributed by atoms with E-state index < -0.39 is 34.1 Å². The number of urea groups is 1. The van der Waals surface area contributed by atoms with E-state index in [0.29, 0.717) is 31.6 Å². The van der Waals surface area contributed by atoms with E-state index in [0.717, 1.165) is 22.0 Å². The number of rotatable bonds is 17. The molecule has 1 aliphatic heterocycles. The van der Waals surface area contributed by atoms with Gasteiger partial charge < -0.3 is 25.4 Å². The molecule has 53 heavy (non-hydrogen) atoms. The van der Waals surface area contributed by atoms with Gasteiger partial charge >= 0.3 is 6.03 Å². The van der Waals surface area contributed by atoms with E-state index in [-0.39, 0.29) is 42.3 Å². The second-order valence-corrected chi connectivity index (χ2v) is 16.1. The smallest absolute Gasteiger partial charge is 0.321 e. The zero-order chi connectivity index (χ0) is 38.1. The minimum absolute atomic E-state index is 0.0263. The number of fused-ring (bicyclic) bond motifs is 1. The molecular formula is C40H50N6O6S. The Morgan fingerprint density at radius 2 is 1.72 bits per heavy atom. The van der Waals surface area contributed by atoms with Crippen molar-refractivity contribution in [2.24, 2.45) is 17.0 Å². The van der Waals surface area contributed by atoms with Gasteiger partial charge in [-0.15, -0.1) is 0 Å². The maximum absolute atomic E-state index is 14.4. The van der Waals surface area contributed by atoms with Gasteiger partial charge in [0.25, 0.3) is 0 Å². The first-order valence-corrected chi connectivity index (χ1v) is 19.5. The Balaban J connectivity index is 1.37. The quantitative estimate of drug-likeness (QED) is 0.0770. The fourth-order valence-electron chi connectivity index (χ4n) is 6.76. The molecule has 0 bridgehead atoms. The molecule has 4 aromatic rings. The number of benzene rings is 3. The van der Waals surface area contributed by atoms with Gasteiger partial charge in [-0.1, -0.05) is 93.9 Å². The molecule has 1 saturated heterocycles. The molecule has 0 radical (unpaired) electrons. The molecule has 0 unspecified atom stereocenters. The van der Waals surface area contributed by atoms with Crippen molar-refractivity contribution in [1.82, 2.24) is 24.4 Å². The molecule has 5 rings (SSSR count). The molecule has 282 valence electrons. The fraction of sp³-hybridized carbons (Fsp3) is 0.400. The molecule has 0 aliphatic carbocycles. The number of aliphatic hydroxyl groups excluding tert-OH is 1. The lowest BCUT2D eigenvalue weighted by Gasteiger charge is -2.35. The lowest BCUT2D eigenvalue weighted by Crippen LogP contribution is -2.57. The molecule has 3 N–H and O–H groups in total. The molecule has 12 nitrogen and oxygen atoms in total. The monoisotopic (exact) mass is 742 g/mol. The van der Waals surface area contributed by atoms with Gasteiger partial charge in [-0.05, 0) is 65.3 Å². The molecule has 13 heteroatoms. The zero-order valence-electron chi connectivity index (χ0n) is 30.7. The van der Waals surface area contributed by atoms with Crippen LogP contribution in [0.2, 0.25) is 0 Å². The van der Waals surface area contributed by atoms with Crippen LogP contribution in [-0.2, 0) is 27.8 Å². The average Bonchev–Trinajstić information content (AvgIpc) is 3.49. The summed E-state index contributed by atoms with van der Waals surface area (Å²) in [5.74, 6) is -0.660. The van der Waals surface area contributed by atoms with Crippen LogP contribution in [0.15, 0.2) is 101 Å². The third-order valence-electron chi connectivity index (χ3n) is 9.73. The van der Waals surface area contributed by atoms with Crippen LogP contribution >= 0.6 is 0 Å². The molecule has 2 heterocycles. The average molecular weight is 743 g/mol. The highest BCUT2D eigenvalue weighted by atomic mass is 32.2. The van der Waals surface area contributed by atoms with Gasteiger partial charge in [0.05, 0.1) is 28.8 Å². The minimum atomic E-state index is -4.06. The Bertz CT molecular complexity index is 1970. The fourth-order valence-corrected chi connectivity index (χ4v) is 8.38. The van der Waals surface area contributed by atoms with Gasteiger partial charge in [0.1, 0.15) is 6.04 Å². The van der Waals surface area contributed by atoms with Gasteiger partial charge in [-0.25, -0.2) is 13.2 Å². The maximum Gasteiger partial charge on any atom is 0.321 e. The van der Waals surface area contributed by atoms with Crippen molar-refractivity contribution in [1.29, 1.82) is 0 Å². The topological polar surface area (TPSA) is 156 Å². The van der Waals surface area contributed by atoms with E-state index in [9.17, 15) is 23.1 Å². The SMILES string of the molecule is CC[C@H](C)[C@@H](C(=O)N[C@@H](Cc1ccccc1)[C@H](O)CN(CC(C)C)S(=O)(=O)c1ccc(C=NO)cc1)N1CCN(Cc2ccc3ncccc3c2)C1=O. The third-order valence-corrected chi connectivity index (χ3v) is 11.6. The Kier molecular flexibility index (Phi) is 13.2. The molecule has 3 amide bonds. The van der Waals surface area contributed by atoms with Crippen molar-refractivity contribution in [3.8, 4) is 0 Å². The molecule has 0 spiro atoms. The van der Waals surface area contributed by atoms with Crippen molar-refractivity contribution in [3.05, 3.63) is 108 Å². The summed E-state index contributed by atoms with van der Waals surface area (Å²) in [5.41, 5.74) is 3.21. The van der Waals surface area contributed by atoms with E-state index >= 15 is 0 Å². The Hall–Kier alpha value is -4.85. The molecule has 1 fully saturated rings. The van der Waals surface area contributed by atoms with Crippen LogP contribution in [0, 0.1) is 11.8 Å². The summed E-state index contributed by atoms with van der Waals surface area (Å²) in [4.78, 5) is 36.1. The van der Waals surface area contributed by atoms with E-state index in [1.54, 1.807) is 16.0 Å². The Morgan fingerprint density at radius 1 is 0.981 bits per heavy atom. The number of pyridine rings is 1. The second kappa shape index (κ2) is 17.8. The predicted molar refractivity (Wildman–Crippen MR) is 205 cm³/mol. The van der Waals surface area contributed by atoms with Crippen LogP contribution in [0.1, 0.15) is 50.8 Å². The molecule has 1 aromatic heterocycles. The van der Waals surface area contributed by atoms with Crippen molar-refractivity contribution in [3.63, 3.8) is 0 Å². The largest absolute Gasteiger partial charge is 0.411 e. The first kappa shape index (κ1) is 39.4. The van der Waals surface area contributed by atoms with Gasteiger partial charge in [0, 0.05) is 44.3 Å². The summed E-state index contributed by atoms with van der Waals surface area (Å²) < 4.78 is 29.1. The predicted octanol–water partition coefficient (Wildman–Crippen LogP) is 5.13. The summed E-state index contributed by atoms with van der Waals surface area (Å²) >= 11 is 0. The first-order chi connectivity index (χ1) is 25.4. The van der Waals surface area contributed by atoms with E-state index in [1.807, 2.05) is 88.4 Å². The Morgan fingerprint density at radius 3 is 2.40 bits per heavy atom. The number of nitrogens with one attached hydrogen (secondary N) is 1. The molecule has 1 aliphatic rings. The summed E-state index contributed by atoms with van der Waals surface area (Å²) in [6, 6.07) is 23.2. The standard InChI is InChI=1S/C40H50N6O6S/c1-5-29(4)38(46-21-20-44(40(46)49)26-32-15-18-35-33(22-32)12-9-19-41-35)39(48)43-36(23-30-10-7-6-8-11-30)37(47)27-45(25-28(2)3)53(51,52)34-16-13-31(14-17-34)24-42-50/h6-19,22,24,28-29,36-38,47,50H,5,20-21,23,25-27H2,1-4H3,(H,43,48)/t29-,36-,37+,38-/m0/s1. The summed E-state index contributed by atoms with van der Waals surface area (Å²) in [7, 11) is -4.06. The zero-order valence-corrected chi connectivity index (χ0v) is 31.6. The van der Waals surface area contributed by atoms with Gasteiger partial charge in [-0.3, -0.25) is 9.78 Å². The van der Waals surface area contributed by atoms with Crippen molar-refractivity contribution >= 4 is 39.1 Å². The van der Waals surface area contributed by atoms with Gasteiger partial charge in [0.2, 0.25) is 15.9 Å². The minimum Gasteiger partial charge on any atom is -0.411 e. The summed E-state index contributed by atoms with van der Waals surface area (Å²) in [5, 5.41) is 27.8. The highest BCUT2D eigenvalue weighted by Gasteiger charge is 2.41. The van der Waals surface area contributed by atoms with Crippen LogP contribution in [0.4, 0.5) is 4.79 Å². The van der Waals surface area contributed by atoms with Crippen LogP contribution in [0.25, 0.3) is 10.9 Å². The molecule has 0 saturated carbocycles. The highest BCUT2D eigenvalue weighted by Crippen LogP contribution is 2.25. The van der Waals surface area contributed by atoms with Crippen LogP contribution in [0.3, 0.4) is 0 Å². The number of aromatic nitrogens is 1. The summed E-state index contributed by atoms with van der Waals surface area (Å²) in [6.07, 6.45) is 2.52. The van der Waals surface area contributed by atoms with Gasteiger partial charge in [-0.2, -0.15) is 4.31 Å². The Labute approximate surface area is 312 Å². The van der Waals surface area contributed by atoms with E-state index in [2.05, 4.69) is 15.5 Å². The number of aliphatic hydroxyl groups is 1. The number of sulfonamides is 1. The number of carbonyl (C=O) groups excluding carboxylic acids is 2. The number of oxime groups is 1. The van der Waals surface area contributed by atoms with Crippen molar-refractivity contribution in [2.75, 3.05) is 26.2 Å². The second-order valence-electron chi connectivity index (χ2n) is 14.2. The van der Waals surface area contributed by atoms with Crippen LogP contribution in [-0.4, -0.2) is 100 Å². The highest BCUT2D eigenvalue weighted by molar-refractivity contribution is 7.89.